The second-order valence-electron chi connectivity index (χ2n) is 10.0. The van der Waals surface area contributed by atoms with E-state index < -0.39 is 23.5 Å². The highest BCUT2D eigenvalue weighted by atomic mass is 32.1. The van der Waals surface area contributed by atoms with E-state index in [1.807, 2.05) is 30.3 Å². The fraction of sp³-hybridized carbons (Fsp3) is 0.172. The minimum Gasteiger partial charge on any atom is -0.503 e. The number of ketones is 1. The number of pyridine rings is 1. The third-order valence-corrected chi connectivity index (χ3v) is 7.57. The maximum atomic E-state index is 13.7. The smallest absolute Gasteiger partial charge is 0.296 e. The maximum absolute atomic E-state index is 13.7. The molecule has 7 nitrogen and oxygen atoms in total. The van der Waals surface area contributed by atoms with E-state index in [1.165, 1.54) is 16.2 Å². The van der Waals surface area contributed by atoms with Gasteiger partial charge in [-0.05, 0) is 46.9 Å². The molecule has 2 aromatic carbocycles. The number of carbonyl (C=O) groups is 2. The van der Waals surface area contributed by atoms with Crippen molar-refractivity contribution in [3.63, 3.8) is 0 Å². The largest absolute Gasteiger partial charge is 0.503 e. The van der Waals surface area contributed by atoms with Crippen LogP contribution in [0.15, 0.2) is 88.8 Å². The fourth-order valence-corrected chi connectivity index (χ4v) is 5.63. The zero-order chi connectivity index (χ0) is 25.9. The van der Waals surface area contributed by atoms with Gasteiger partial charge in [0.2, 0.25) is 5.78 Å². The molecule has 0 bridgehead atoms. The lowest BCUT2D eigenvalue weighted by atomic mass is 9.87. The van der Waals surface area contributed by atoms with Gasteiger partial charge in [0.25, 0.3) is 5.91 Å². The normalized spacial score (nSPS) is 16.4. The molecule has 1 N–H and O–H groups in total. The maximum Gasteiger partial charge on any atom is 0.296 e. The van der Waals surface area contributed by atoms with E-state index in [2.05, 4.69) is 31.8 Å². The molecule has 4 heterocycles. The lowest BCUT2D eigenvalue weighted by Gasteiger charge is -2.23. The summed E-state index contributed by atoms with van der Waals surface area (Å²) in [5, 5.41) is 12.2. The summed E-state index contributed by atoms with van der Waals surface area (Å²) in [5.41, 5.74) is 2.90. The quantitative estimate of drug-likeness (QED) is 0.277. The van der Waals surface area contributed by atoms with Crippen LogP contribution in [-0.2, 0) is 10.2 Å². The van der Waals surface area contributed by atoms with Crippen molar-refractivity contribution in [2.24, 2.45) is 0 Å². The van der Waals surface area contributed by atoms with E-state index in [0.29, 0.717) is 16.3 Å². The van der Waals surface area contributed by atoms with Crippen molar-refractivity contribution in [1.29, 1.82) is 0 Å². The van der Waals surface area contributed by atoms with Gasteiger partial charge in [-0.2, -0.15) is 0 Å². The van der Waals surface area contributed by atoms with Crippen LogP contribution in [0.25, 0.3) is 21.2 Å². The molecule has 0 radical (unpaired) electrons. The topological polar surface area (TPSA) is 96.5 Å². The molecule has 0 aliphatic carbocycles. The highest BCUT2D eigenvalue weighted by Gasteiger charge is 2.46. The first kappa shape index (κ1) is 23.1. The Kier molecular flexibility index (Phi) is 5.24. The summed E-state index contributed by atoms with van der Waals surface area (Å²) in [5.74, 6) is -1.82. The number of anilines is 1. The minimum atomic E-state index is -0.912. The molecule has 1 aliphatic rings. The van der Waals surface area contributed by atoms with Crippen molar-refractivity contribution >= 4 is 49.3 Å². The summed E-state index contributed by atoms with van der Waals surface area (Å²) in [7, 11) is 0. The molecule has 1 atom stereocenters. The molecular formula is C29H23N3O4S. The summed E-state index contributed by atoms with van der Waals surface area (Å²) in [6, 6.07) is 17.5. The number of para-hydroxylation sites is 1. The first-order chi connectivity index (χ1) is 17.7. The van der Waals surface area contributed by atoms with Gasteiger partial charge in [-0.25, -0.2) is 4.98 Å². The van der Waals surface area contributed by atoms with E-state index in [0.717, 1.165) is 21.2 Å². The fourth-order valence-electron chi connectivity index (χ4n) is 4.60. The van der Waals surface area contributed by atoms with Gasteiger partial charge < -0.3 is 9.52 Å². The number of aliphatic hydroxyl groups excluding tert-OH is 1. The number of rotatable bonds is 4. The molecule has 6 rings (SSSR count). The Bertz CT molecular complexity index is 1690. The predicted molar refractivity (Wildman–Crippen MR) is 143 cm³/mol. The average Bonchev–Trinajstić information content (AvgIpc) is 3.57. The zero-order valence-corrected chi connectivity index (χ0v) is 21.2. The number of aliphatic hydroxyl groups is 1. The van der Waals surface area contributed by atoms with E-state index >= 15 is 0 Å². The van der Waals surface area contributed by atoms with Gasteiger partial charge in [0.05, 0.1) is 21.8 Å². The van der Waals surface area contributed by atoms with Crippen molar-refractivity contribution in [2.75, 3.05) is 4.90 Å². The van der Waals surface area contributed by atoms with Gasteiger partial charge in [-0.3, -0.25) is 19.5 Å². The van der Waals surface area contributed by atoms with Crippen LogP contribution in [0.3, 0.4) is 0 Å². The number of Topliss-reactive ketones (excluding diaryl/α,β-unsaturated/α-hetero) is 1. The Morgan fingerprint density at radius 1 is 1.08 bits per heavy atom. The second kappa shape index (κ2) is 8.38. The summed E-state index contributed by atoms with van der Waals surface area (Å²) < 4.78 is 6.70. The van der Waals surface area contributed by atoms with Crippen LogP contribution < -0.4 is 4.90 Å². The number of hydrogen-bond acceptors (Lipinski definition) is 7. The molecule has 3 aromatic heterocycles. The number of aromatic nitrogens is 2. The first-order valence-electron chi connectivity index (χ1n) is 11.8. The number of carbonyl (C=O) groups excluding carboxylic acids is 2. The third-order valence-electron chi connectivity index (χ3n) is 6.55. The molecule has 5 aromatic rings. The van der Waals surface area contributed by atoms with Crippen LogP contribution in [0.2, 0.25) is 0 Å². The third kappa shape index (κ3) is 3.81. The molecule has 37 heavy (non-hydrogen) atoms. The number of hydrogen-bond donors (Lipinski definition) is 1. The summed E-state index contributed by atoms with van der Waals surface area (Å²) in [4.78, 5) is 37.5. The van der Waals surface area contributed by atoms with Crippen LogP contribution >= 0.6 is 11.3 Å². The number of amides is 1. The monoisotopic (exact) mass is 509 g/mol. The van der Waals surface area contributed by atoms with Crippen LogP contribution in [0, 0.1) is 0 Å². The molecule has 1 unspecified atom stereocenters. The van der Waals surface area contributed by atoms with Crippen LogP contribution in [-0.4, -0.2) is 26.8 Å². The Morgan fingerprint density at radius 2 is 1.89 bits per heavy atom. The van der Waals surface area contributed by atoms with E-state index in [4.69, 9.17) is 9.40 Å². The van der Waals surface area contributed by atoms with Crippen LogP contribution in [0.4, 0.5) is 5.13 Å². The van der Waals surface area contributed by atoms with E-state index in [-0.39, 0.29) is 16.7 Å². The number of thiazole rings is 1. The second-order valence-corrected chi connectivity index (χ2v) is 11.0. The minimum absolute atomic E-state index is 0.0467. The Hall–Kier alpha value is -4.30. The molecule has 1 amide bonds. The molecule has 184 valence electrons. The van der Waals surface area contributed by atoms with Crippen molar-refractivity contribution in [3.05, 3.63) is 101 Å². The highest BCUT2D eigenvalue weighted by Crippen LogP contribution is 2.44. The SMILES string of the molecule is CC(C)(C)c1ccc2nc(N3C(=O)C(O)=C(C(=O)c4cc5ccccc5o4)C3c3cccnc3)sc2c1. The summed E-state index contributed by atoms with van der Waals surface area (Å²) >= 11 is 1.34. The van der Waals surface area contributed by atoms with Crippen molar-refractivity contribution < 1.29 is 19.1 Å². The van der Waals surface area contributed by atoms with Crippen molar-refractivity contribution in [3.8, 4) is 0 Å². The van der Waals surface area contributed by atoms with Gasteiger partial charge in [0.1, 0.15) is 5.58 Å². The molecule has 0 saturated carbocycles. The van der Waals surface area contributed by atoms with E-state index in [9.17, 15) is 14.7 Å². The molecule has 8 heteroatoms. The molecule has 0 fully saturated rings. The number of nitrogens with zero attached hydrogens (tertiary/aromatic N) is 3. The number of fused-ring (bicyclic) bond motifs is 2. The van der Waals surface area contributed by atoms with Gasteiger partial charge >= 0.3 is 0 Å². The van der Waals surface area contributed by atoms with Crippen molar-refractivity contribution in [2.45, 2.75) is 32.2 Å². The Balaban J connectivity index is 1.48. The molecule has 0 saturated heterocycles. The lowest BCUT2D eigenvalue weighted by molar-refractivity contribution is -0.117. The summed E-state index contributed by atoms with van der Waals surface area (Å²) in [6.45, 7) is 6.41. The Labute approximate surface area is 216 Å². The van der Waals surface area contributed by atoms with Crippen molar-refractivity contribution in [1.82, 2.24) is 9.97 Å². The molecule has 1 aliphatic heterocycles. The zero-order valence-electron chi connectivity index (χ0n) is 20.4. The lowest BCUT2D eigenvalue weighted by Crippen LogP contribution is -2.31. The van der Waals surface area contributed by atoms with Gasteiger partial charge in [0, 0.05) is 17.8 Å². The van der Waals surface area contributed by atoms with Gasteiger partial charge in [0.15, 0.2) is 16.7 Å². The first-order valence-corrected chi connectivity index (χ1v) is 12.6. The van der Waals surface area contributed by atoms with Crippen LogP contribution in [0.5, 0.6) is 0 Å². The number of furan rings is 1. The standard InChI is InChI=1S/C29H23N3O4S/c1-29(2,3)18-10-11-19-22(14-18)37-28(31-19)32-24(17-8-6-12-30-15-17)23(26(34)27(32)35)25(33)21-13-16-7-4-5-9-20(16)36-21/h4-15,24,34H,1-3H3. The molecular weight excluding hydrogens is 486 g/mol. The van der Waals surface area contributed by atoms with Crippen LogP contribution in [0.1, 0.15) is 48.5 Å². The van der Waals surface area contributed by atoms with E-state index in [1.54, 1.807) is 36.7 Å². The average molecular weight is 510 g/mol. The predicted octanol–water partition coefficient (Wildman–Crippen LogP) is 6.52. The van der Waals surface area contributed by atoms with Gasteiger partial charge in [-0.15, -0.1) is 0 Å². The number of benzene rings is 2. The summed E-state index contributed by atoms with van der Waals surface area (Å²) in [6.07, 6.45) is 3.20. The highest BCUT2D eigenvalue weighted by molar-refractivity contribution is 7.22. The molecule has 0 spiro atoms. The van der Waals surface area contributed by atoms with Gasteiger partial charge in [-0.1, -0.05) is 62.4 Å². The Morgan fingerprint density at radius 3 is 2.62 bits per heavy atom.